The molecule has 0 spiro atoms. The van der Waals surface area contributed by atoms with Gasteiger partial charge in [0.15, 0.2) is 0 Å². The number of carbonyl (C=O) groups is 1. The zero-order chi connectivity index (χ0) is 18.6. The average molecular weight is 362 g/mol. The summed E-state index contributed by atoms with van der Waals surface area (Å²) >= 11 is 0. The molecule has 1 aliphatic heterocycles. The summed E-state index contributed by atoms with van der Waals surface area (Å²) in [6.07, 6.45) is 2.92. The number of hydrogen-bond donors (Lipinski definition) is 2. The molecule has 1 aromatic heterocycles. The Kier molecular flexibility index (Phi) is 4.98. The second-order valence-electron chi connectivity index (χ2n) is 6.84. The number of nitrogens with one attached hydrogen (secondary N) is 1. The minimum atomic E-state index is 0.0463. The van der Waals surface area contributed by atoms with E-state index >= 15 is 0 Å². The van der Waals surface area contributed by atoms with Crippen LogP contribution in [0.4, 0.5) is 11.5 Å². The number of amides is 1. The molecule has 0 bridgehead atoms. The monoisotopic (exact) mass is 362 g/mol. The van der Waals surface area contributed by atoms with Gasteiger partial charge in [-0.25, -0.2) is 9.97 Å². The van der Waals surface area contributed by atoms with Crippen molar-refractivity contribution in [2.75, 3.05) is 29.9 Å². The van der Waals surface area contributed by atoms with E-state index in [0.29, 0.717) is 13.0 Å². The molecule has 2 heterocycles. The van der Waals surface area contributed by atoms with Crippen molar-refractivity contribution in [3.8, 4) is 0 Å². The zero-order valence-corrected chi connectivity index (χ0v) is 15.0. The summed E-state index contributed by atoms with van der Waals surface area (Å²) in [4.78, 5) is 22.9. The van der Waals surface area contributed by atoms with Gasteiger partial charge in [0, 0.05) is 30.6 Å². The van der Waals surface area contributed by atoms with Crippen LogP contribution in [-0.4, -0.2) is 40.7 Å². The summed E-state index contributed by atoms with van der Waals surface area (Å²) in [5, 5.41) is 13.1. The van der Waals surface area contributed by atoms with Crippen LogP contribution in [0.1, 0.15) is 12.0 Å². The third kappa shape index (κ3) is 3.75. The molecular formula is C21H22N4O2. The maximum atomic E-state index is 12.4. The predicted octanol–water partition coefficient (Wildman–Crippen LogP) is 2.63. The highest BCUT2D eigenvalue weighted by atomic mass is 16.3. The standard InChI is InChI=1S/C21H22N4O2/c26-9-8-22-21-18-11-15(6-7-19(18)23-14-24-21)10-16-12-20(27)25(13-16)17-4-2-1-3-5-17/h1-7,11,14,16,26H,8-10,12-13H2,(H,22,23,24). The molecule has 1 amide bonds. The summed E-state index contributed by atoms with van der Waals surface area (Å²) in [7, 11) is 0. The van der Waals surface area contributed by atoms with Gasteiger partial charge in [0.25, 0.3) is 0 Å². The largest absolute Gasteiger partial charge is 0.395 e. The fraction of sp³-hybridized carbons (Fsp3) is 0.286. The Morgan fingerprint density at radius 2 is 2.00 bits per heavy atom. The number of carbonyl (C=O) groups excluding carboxylic acids is 1. The van der Waals surface area contributed by atoms with Crippen molar-refractivity contribution < 1.29 is 9.90 Å². The maximum Gasteiger partial charge on any atom is 0.227 e. The Morgan fingerprint density at radius 3 is 2.81 bits per heavy atom. The van der Waals surface area contributed by atoms with E-state index in [1.54, 1.807) is 0 Å². The summed E-state index contributed by atoms with van der Waals surface area (Å²) < 4.78 is 0. The Balaban J connectivity index is 1.53. The van der Waals surface area contributed by atoms with Crippen LogP contribution >= 0.6 is 0 Å². The lowest BCUT2D eigenvalue weighted by Crippen LogP contribution is -2.24. The number of para-hydroxylation sites is 1. The van der Waals surface area contributed by atoms with Gasteiger partial charge in [-0.15, -0.1) is 0 Å². The maximum absolute atomic E-state index is 12.4. The van der Waals surface area contributed by atoms with Gasteiger partial charge in [-0.2, -0.15) is 0 Å². The lowest BCUT2D eigenvalue weighted by molar-refractivity contribution is -0.117. The van der Waals surface area contributed by atoms with E-state index in [-0.39, 0.29) is 18.4 Å². The first kappa shape index (κ1) is 17.4. The van der Waals surface area contributed by atoms with Crippen LogP contribution in [0.2, 0.25) is 0 Å². The highest BCUT2D eigenvalue weighted by Gasteiger charge is 2.30. The molecule has 4 rings (SSSR count). The quantitative estimate of drug-likeness (QED) is 0.705. The van der Waals surface area contributed by atoms with E-state index in [4.69, 9.17) is 5.11 Å². The van der Waals surface area contributed by atoms with Crippen LogP contribution in [0.3, 0.4) is 0 Å². The third-order valence-corrected chi connectivity index (χ3v) is 4.90. The van der Waals surface area contributed by atoms with Crippen molar-refractivity contribution in [3.63, 3.8) is 0 Å². The van der Waals surface area contributed by atoms with Crippen LogP contribution in [0.5, 0.6) is 0 Å². The number of aromatic nitrogens is 2. The Labute approximate surface area is 157 Å². The normalized spacial score (nSPS) is 16.9. The number of nitrogens with zero attached hydrogens (tertiary/aromatic N) is 3. The molecule has 6 nitrogen and oxygen atoms in total. The minimum Gasteiger partial charge on any atom is -0.395 e. The van der Waals surface area contributed by atoms with Crippen LogP contribution in [0.25, 0.3) is 10.9 Å². The van der Waals surface area contributed by atoms with Gasteiger partial charge in [-0.1, -0.05) is 24.3 Å². The van der Waals surface area contributed by atoms with E-state index in [1.807, 2.05) is 41.3 Å². The Morgan fingerprint density at radius 1 is 1.15 bits per heavy atom. The molecule has 0 saturated carbocycles. The molecule has 0 radical (unpaired) electrons. The van der Waals surface area contributed by atoms with Crippen molar-refractivity contribution >= 4 is 28.3 Å². The Bertz CT molecular complexity index is 945. The van der Waals surface area contributed by atoms with E-state index in [1.165, 1.54) is 6.33 Å². The molecule has 27 heavy (non-hydrogen) atoms. The van der Waals surface area contributed by atoms with Gasteiger partial charge in [0.2, 0.25) is 5.91 Å². The molecule has 6 heteroatoms. The molecule has 138 valence electrons. The Hall–Kier alpha value is -2.99. The van der Waals surface area contributed by atoms with Crippen LogP contribution in [-0.2, 0) is 11.2 Å². The second-order valence-corrected chi connectivity index (χ2v) is 6.84. The van der Waals surface area contributed by atoms with Crippen molar-refractivity contribution in [3.05, 3.63) is 60.4 Å². The molecule has 2 N–H and O–H groups in total. The highest BCUT2D eigenvalue weighted by molar-refractivity contribution is 5.95. The number of rotatable bonds is 6. The van der Waals surface area contributed by atoms with Crippen LogP contribution < -0.4 is 10.2 Å². The molecule has 1 fully saturated rings. The summed E-state index contributed by atoms with van der Waals surface area (Å²) in [5.41, 5.74) is 2.99. The first-order valence-electron chi connectivity index (χ1n) is 9.18. The number of anilines is 2. The topological polar surface area (TPSA) is 78.3 Å². The third-order valence-electron chi connectivity index (χ3n) is 4.90. The zero-order valence-electron chi connectivity index (χ0n) is 15.0. The van der Waals surface area contributed by atoms with Crippen molar-refractivity contribution in [2.45, 2.75) is 12.8 Å². The average Bonchev–Trinajstić information content (AvgIpc) is 3.07. The SMILES string of the molecule is O=C1CC(Cc2ccc3ncnc(NCCO)c3c2)CN1c1ccccc1. The summed E-state index contributed by atoms with van der Waals surface area (Å²) in [5.74, 6) is 1.19. The molecular weight excluding hydrogens is 340 g/mol. The molecule has 1 atom stereocenters. The van der Waals surface area contributed by atoms with Gasteiger partial charge in [-0.3, -0.25) is 4.79 Å². The van der Waals surface area contributed by atoms with E-state index in [2.05, 4.69) is 27.4 Å². The summed E-state index contributed by atoms with van der Waals surface area (Å²) in [6, 6.07) is 16.0. The van der Waals surface area contributed by atoms with Crippen molar-refractivity contribution in [1.29, 1.82) is 0 Å². The number of benzene rings is 2. The van der Waals surface area contributed by atoms with Crippen molar-refractivity contribution in [1.82, 2.24) is 9.97 Å². The van der Waals surface area contributed by atoms with E-state index in [9.17, 15) is 4.79 Å². The number of hydrogen-bond acceptors (Lipinski definition) is 5. The molecule has 1 aliphatic rings. The van der Waals surface area contributed by atoms with E-state index < -0.39 is 0 Å². The van der Waals surface area contributed by atoms with Crippen LogP contribution in [0.15, 0.2) is 54.9 Å². The van der Waals surface area contributed by atoms with Gasteiger partial charge in [0.05, 0.1) is 12.1 Å². The van der Waals surface area contributed by atoms with Gasteiger partial charge < -0.3 is 15.3 Å². The first-order valence-corrected chi connectivity index (χ1v) is 9.18. The lowest BCUT2D eigenvalue weighted by atomic mass is 9.97. The second kappa shape index (κ2) is 7.72. The first-order chi connectivity index (χ1) is 13.2. The summed E-state index contributed by atoms with van der Waals surface area (Å²) in [6.45, 7) is 1.23. The van der Waals surface area contributed by atoms with Gasteiger partial charge >= 0.3 is 0 Å². The lowest BCUT2D eigenvalue weighted by Gasteiger charge is -2.17. The minimum absolute atomic E-state index is 0.0463. The predicted molar refractivity (Wildman–Crippen MR) is 106 cm³/mol. The number of fused-ring (bicyclic) bond motifs is 1. The number of aliphatic hydroxyl groups is 1. The van der Waals surface area contributed by atoms with Gasteiger partial charge in [-0.05, 0) is 42.2 Å². The molecule has 2 aromatic carbocycles. The molecule has 1 unspecified atom stereocenters. The fourth-order valence-electron chi connectivity index (χ4n) is 3.66. The van der Waals surface area contributed by atoms with Crippen LogP contribution in [0, 0.1) is 5.92 Å². The molecule has 1 saturated heterocycles. The smallest absolute Gasteiger partial charge is 0.227 e. The van der Waals surface area contributed by atoms with Gasteiger partial charge in [0.1, 0.15) is 12.1 Å². The fourth-order valence-corrected chi connectivity index (χ4v) is 3.66. The van der Waals surface area contributed by atoms with E-state index in [0.717, 1.165) is 40.9 Å². The number of aliphatic hydroxyl groups excluding tert-OH is 1. The molecule has 3 aromatic rings. The molecule has 0 aliphatic carbocycles. The highest BCUT2D eigenvalue weighted by Crippen LogP contribution is 2.28. The van der Waals surface area contributed by atoms with Crippen molar-refractivity contribution in [2.24, 2.45) is 5.92 Å².